The molecule has 3 aliphatic rings. The van der Waals surface area contributed by atoms with Crippen LogP contribution in [0.3, 0.4) is 0 Å². The van der Waals surface area contributed by atoms with Crippen LogP contribution < -0.4 is 10.9 Å². The van der Waals surface area contributed by atoms with Gasteiger partial charge in [0.1, 0.15) is 5.56 Å². The molecule has 4 atom stereocenters. The van der Waals surface area contributed by atoms with Crippen molar-refractivity contribution in [3.8, 4) is 5.69 Å². The van der Waals surface area contributed by atoms with Crippen molar-refractivity contribution in [1.29, 1.82) is 0 Å². The third-order valence-electron chi connectivity index (χ3n) is 8.44. The van der Waals surface area contributed by atoms with Crippen molar-refractivity contribution >= 4 is 37.8 Å². The lowest BCUT2D eigenvalue weighted by molar-refractivity contribution is 0.0823. The molecule has 0 saturated heterocycles. The molecule has 182 valence electrons. The Labute approximate surface area is 222 Å². The second-order valence-electron chi connectivity index (χ2n) is 10.7. The second kappa shape index (κ2) is 9.07. The SMILES string of the molecule is O=C(NC12CCCC3CC(CC3C1)C2)c1cn(Cc2ccccc2Br)n(-c2ccc(Br)cc2)c1=O. The zero-order valence-electron chi connectivity index (χ0n) is 19.6. The minimum atomic E-state index is -0.279. The van der Waals surface area contributed by atoms with Crippen LogP contribution in [0.4, 0.5) is 0 Å². The molecule has 0 aliphatic heterocycles. The van der Waals surface area contributed by atoms with Gasteiger partial charge < -0.3 is 5.32 Å². The van der Waals surface area contributed by atoms with Crippen LogP contribution in [0.15, 0.2) is 68.5 Å². The molecule has 3 bridgehead atoms. The minimum Gasteiger partial charge on any atom is -0.346 e. The summed E-state index contributed by atoms with van der Waals surface area (Å²) in [6.45, 7) is 0.469. The first-order valence-corrected chi connectivity index (χ1v) is 14.1. The number of amides is 1. The van der Waals surface area contributed by atoms with E-state index in [4.69, 9.17) is 0 Å². The van der Waals surface area contributed by atoms with Crippen LogP contribution in [-0.4, -0.2) is 20.8 Å². The van der Waals surface area contributed by atoms with E-state index in [1.165, 1.54) is 25.7 Å². The van der Waals surface area contributed by atoms with Crippen molar-refractivity contribution in [2.24, 2.45) is 17.8 Å². The Balaban J connectivity index is 1.37. The fourth-order valence-electron chi connectivity index (χ4n) is 7.04. The van der Waals surface area contributed by atoms with Gasteiger partial charge in [-0.05, 0) is 85.8 Å². The molecule has 35 heavy (non-hydrogen) atoms. The molecule has 1 amide bonds. The van der Waals surface area contributed by atoms with E-state index in [2.05, 4.69) is 37.2 Å². The van der Waals surface area contributed by atoms with Gasteiger partial charge in [-0.25, -0.2) is 4.68 Å². The van der Waals surface area contributed by atoms with E-state index in [9.17, 15) is 9.59 Å². The third-order valence-corrected chi connectivity index (χ3v) is 9.75. The van der Waals surface area contributed by atoms with E-state index in [0.29, 0.717) is 6.54 Å². The number of carbonyl (C=O) groups is 1. The minimum absolute atomic E-state index is 0.157. The summed E-state index contributed by atoms with van der Waals surface area (Å²) in [6.07, 6.45) is 9.98. The van der Waals surface area contributed by atoms with Crippen molar-refractivity contribution in [2.45, 2.75) is 57.0 Å². The van der Waals surface area contributed by atoms with Crippen molar-refractivity contribution in [3.63, 3.8) is 0 Å². The molecule has 3 fully saturated rings. The summed E-state index contributed by atoms with van der Waals surface area (Å²) in [4.78, 5) is 27.4. The van der Waals surface area contributed by atoms with Crippen LogP contribution in [0.5, 0.6) is 0 Å². The summed E-state index contributed by atoms with van der Waals surface area (Å²) in [5, 5.41) is 3.41. The van der Waals surface area contributed by atoms with Crippen LogP contribution >= 0.6 is 31.9 Å². The highest BCUT2D eigenvalue weighted by atomic mass is 79.9. The van der Waals surface area contributed by atoms with E-state index in [1.54, 1.807) is 10.9 Å². The molecule has 3 aromatic rings. The number of nitrogens with zero attached hydrogens (tertiary/aromatic N) is 2. The predicted octanol–water partition coefficient (Wildman–Crippen LogP) is 6.30. The molecule has 1 N–H and O–H groups in total. The van der Waals surface area contributed by atoms with E-state index in [-0.39, 0.29) is 22.6 Å². The summed E-state index contributed by atoms with van der Waals surface area (Å²) >= 11 is 7.10. The number of aromatic nitrogens is 2. The molecule has 7 heteroatoms. The Morgan fingerprint density at radius 3 is 2.60 bits per heavy atom. The summed E-state index contributed by atoms with van der Waals surface area (Å²) in [5.74, 6) is 2.06. The highest BCUT2D eigenvalue weighted by Crippen LogP contribution is 2.55. The van der Waals surface area contributed by atoms with Gasteiger partial charge in [0, 0.05) is 20.7 Å². The molecule has 4 unspecified atom stereocenters. The first-order valence-electron chi connectivity index (χ1n) is 12.6. The van der Waals surface area contributed by atoms with Crippen molar-refractivity contribution in [3.05, 3.63) is 85.2 Å². The first-order chi connectivity index (χ1) is 16.9. The lowest BCUT2D eigenvalue weighted by Crippen LogP contribution is -2.52. The van der Waals surface area contributed by atoms with Gasteiger partial charge in [0.05, 0.1) is 12.2 Å². The van der Waals surface area contributed by atoms with Crippen molar-refractivity contribution in [2.75, 3.05) is 0 Å². The number of halogens is 2. The average Bonchev–Trinajstić information content (AvgIpc) is 3.26. The van der Waals surface area contributed by atoms with Gasteiger partial charge >= 0.3 is 0 Å². The van der Waals surface area contributed by atoms with E-state index in [0.717, 1.165) is 57.2 Å². The highest BCUT2D eigenvalue weighted by molar-refractivity contribution is 9.10. The topological polar surface area (TPSA) is 56.0 Å². The average molecular weight is 599 g/mol. The lowest BCUT2D eigenvalue weighted by Gasteiger charge is -2.40. The van der Waals surface area contributed by atoms with Crippen LogP contribution in [0, 0.1) is 17.8 Å². The molecule has 0 radical (unpaired) electrons. The number of rotatable bonds is 5. The number of carbonyl (C=O) groups excluding carboxylic acids is 1. The highest BCUT2D eigenvalue weighted by Gasteiger charge is 2.50. The summed E-state index contributed by atoms with van der Waals surface area (Å²) < 4.78 is 5.38. The molecular formula is C28H29Br2N3O2. The van der Waals surface area contributed by atoms with Gasteiger partial charge in [-0.2, -0.15) is 0 Å². The zero-order valence-corrected chi connectivity index (χ0v) is 22.7. The molecule has 1 aromatic heterocycles. The predicted molar refractivity (Wildman–Crippen MR) is 144 cm³/mol. The van der Waals surface area contributed by atoms with Gasteiger partial charge in [-0.15, -0.1) is 0 Å². The maximum Gasteiger partial charge on any atom is 0.284 e. The van der Waals surface area contributed by atoms with Gasteiger partial charge in [-0.1, -0.05) is 62.9 Å². The Bertz CT molecular complexity index is 1330. The maximum atomic E-state index is 13.7. The monoisotopic (exact) mass is 597 g/mol. The maximum absolute atomic E-state index is 13.7. The fourth-order valence-corrected chi connectivity index (χ4v) is 7.71. The van der Waals surface area contributed by atoms with Crippen LogP contribution in [0.1, 0.15) is 60.9 Å². The molecule has 6 rings (SSSR count). The quantitative estimate of drug-likeness (QED) is 0.375. The number of fused-ring (bicyclic) bond motifs is 2. The van der Waals surface area contributed by atoms with Gasteiger partial charge in [0.15, 0.2) is 0 Å². The van der Waals surface area contributed by atoms with Gasteiger partial charge in [0.25, 0.3) is 11.5 Å². The normalized spacial score (nSPS) is 27.1. The molecule has 3 aliphatic carbocycles. The summed E-state index contributed by atoms with van der Waals surface area (Å²) in [7, 11) is 0. The Kier molecular flexibility index (Phi) is 6.04. The smallest absolute Gasteiger partial charge is 0.284 e. The van der Waals surface area contributed by atoms with Crippen LogP contribution in [0.2, 0.25) is 0 Å². The standard InChI is InChI=1S/C28H29Br2N3O2/c29-22-7-9-23(10-8-22)33-27(35)24(17-32(33)16-20-4-1-2-6-25(20)30)26(34)31-28-11-3-5-19-12-18(14-28)13-21(19)15-28/h1-2,4,6-10,17-19,21H,3,5,11-16H2,(H,31,34). The Morgan fingerprint density at radius 1 is 1.03 bits per heavy atom. The van der Waals surface area contributed by atoms with Gasteiger partial charge in [0.2, 0.25) is 0 Å². The van der Waals surface area contributed by atoms with E-state index in [1.807, 2.05) is 53.2 Å². The van der Waals surface area contributed by atoms with E-state index < -0.39 is 0 Å². The number of benzene rings is 2. The molecule has 5 nitrogen and oxygen atoms in total. The molecule has 0 spiro atoms. The molecule has 2 aromatic carbocycles. The summed E-state index contributed by atoms with van der Waals surface area (Å²) in [5.41, 5.74) is 1.55. The zero-order chi connectivity index (χ0) is 24.2. The molecule has 1 heterocycles. The number of hydrogen-bond acceptors (Lipinski definition) is 2. The van der Waals surface area contributed by atoms with Gasteiger partial charge in [-0.3, -0.25) is 14.3 Å². The van der Waals surface area contributed by atoms with Crippen LogP contribution in [0.25, 0.3) is 5.69 Å². The second-order valence-corrected chi connectivity index (χ2v) is 12.5. The first kappa shape index (κ1) is 23.3. The van der Waals surface area contributed by atoms with Crippen molar-refractivity contribution < 1.29 is 4.79 Å². The number of hydrogen-bond donors (Lipinski definition) is 1. The molecule has 3 saturated carbocycles. The Morgan fingerprint density at radius 2 is 1.80 bits per heavy atom. The van der Waals surface area contributed by atoms with Crippen LogP contribution in [-0.2, 0) is 6.54 Å². The van der Waals surface area contributed by atoms with E-state index >= 15 is 0 Å². The Hall–Kier alpha value is -2.12. The van der Waals surface area contributed by atoms with Crippen molar-refractivity contribution in [1.82, 2.24) is 14.7 Å². The third kappa shape index (κ3) is 4.35. The summed E-state index contributed by atoms with van der Waals surface area (Å²) in [6, 6.07) is 15.6. The number of nitrogens with one attached hydrogen (secondary N) is 1. The lowest BCUT2D eigenvalue weighted by atomic mass is 9.73. The molecular weight excluding hydrogens is 570 g/mol. The largest absolute Gasteiger partial charge is 0.346 e. The fraction of sp³-hybridized carbons (Fsp3) is 0.429.